The van der Waals surface area contributed by atoms with Gasteiger partial charge in [-0.25, -0.2) is 9.97 Å². The molecule has 4 rings (SSSR count). The number of aliphatic hydroxyl groups is 1. The molecule has 9 nitrogen and oxygen atoms in total. The fraction of sp³-hybridized carbons (Fsp3) is 0.381. The van der Waals surface area contributed by atoms with Crippen molar-refractivity contribution in [2.24, 2.45) is 0 Å². The molecule has 30 heavy (non-hydrogen) atoms. The number of ether oxygens (including phenoxy) is 1. The quantitative estimate of drug-likeness (QED) is 0.636. The molecule has 1 aliphatic heterocycles. The highest BCUT2D eigenvalue weighted by atomic mass is 16.5. The second-order valence-electron chi connectivity index (χ2n) is 7.90. The third kappa shape index (κ3) is 4.02. The number of carbonyl (C=O) groups excluding carboxylic acids is 1. The van der Waals surface area contributed by atoms with Crippen LogP contribution in [0.3, 0.4) is 0 Å². The molecule has 156 valence electrons. The SMILES string of the molecule is C[C@H]1CCCOc2ncc(C(C)(C)O)cc2C(=O)Nc2cccc(n2)-c2nncn21. The molecule has 2 bridgehead atoms. The Hall–Kier alpha value is -3.33. The van der Waals surface area contributed by atoms with Crippen molar-refractivity contribution in [2.45, 2.75) is 45.3 Å². The lowest BCUT2D eigenvalue weighted by atomic mass is 9.98. The molecular weight excluding hydrogens is 384 g/mol. The fourth-order valence-corrected chi connectivity index (χ4v) is 3.31. The van der Waals surface area contributed by atoms with Crippen LogP contribution in [0.4, 0.5) is 5.82 Å². The molecule has 1 amide bonds. The van der Waals surface area contributed by atoms with Gasteiger partial charge in [0.15, 0.2) is 5.82 Å². The van der Waals surface area contributed by atoms with Crippen molar-refractivity contribution in [1.82, 2.24) is 24.7 Å². The second-order valence-corrected chi connectivity index (χ2v) is 7.90. The van der Waals surface area contributed by atoms with Crippen LogP contribution in [-0.4, -0.2) is 42.4 Å². The highest BCUT2D eigenvalue weighted by Crippen LogP contribution is 2.27. The predicted octanol–water partition coefficient (Wildman–Crippen LogP) is 2.95. The second kappa shape index (κ2) is 7.83. The van der Waals surface area contributed by atoms with E-state index >= 15 is 0 Å². The van der Waals surface area contributed by atoms with E-state index in [9.17, 15) is 9.90 Å². The van der Waals surface area contributed by atoms with Gasteiger partial charge in [-0.3, -0.25) is 4.79 Å². The normalized spacial score (nSPS) is 17.2. The summed E-state index contributed by atoms with van der Waals surface area (Å²) in [4.78, 5) is 21.9. The molecule has 0 spiro atoms. The molecule has 3 aromatic heterocycles. The smallest absolute Gasteiger partial charge is 0.262 e. The minimum atomic E-state index is -1.14. The lowest BCUT2D eigenvalue weighted by molar-refractivity contribution is 0.0779. The number of nitrogens with zero attached hydrogens (tertiary/aromatic N) is 5. The summed E-state index contributed by atoms with van der Waals surface area (Å²) in [6.45, 7) is 5.77. The van der Waals surface area contributed by atoms with E-state index < -0.39 is 11.5 Å². The number of carbonyl (C=O) groups is 1. The molecule has 0 saturated heterocycles. The topological polar surface area (TPSA) is 115 Å². The van der Waals surface area contributed by atoms with E-state index in [2.05, 4.69) is 32.4 Å². The van der Waals surface area contributed by atoms with E-state index in [4.69, 9.17) is 4.74 Å². The number of aromatic nitrogens is 5. The number of hydrogen-bond donors (Lipinski definition) is 2. The van der Waals surface area contributed by atoms with Gasteiger partial charge in [0.1, 0.15) is 23.4 Å². The first-order valence-electron chi connectivity index (χ1n) is 9.87. The highest BCUT2D eigenvalue weighted by molar-refractivity contribution is 6.05. The third-order valence-corrected chi connectivity index (χ3v) is 5.07. The lowest BCUT2D eigenvalue weighted by Crippen LogP contribution is -2.21. The van der Waals surface area contributed by atoms with Crippen molar-refractivity contribution in [3.8, 4) is 17.4 Å². The van der Waals surface area contributed by atoms with Gasteiger partial charge in [0, 0.05) is 17.8 Å². The Labute approximate surface area is 174 Å². The molecule has 1 atom stereocenters. The molecular formula is C21H24N6O3. The standard InChI is InChI=1S/C21H24N6O3/c1-13-6-5-9-30-20-15(10-14(11-22-20)21(2,3)29)19(28)25-17-8-4-7-16(24-17)18-26-23-12-27(13)18/h4,7-8,10-13,29H,5-6,9H2,1-3H3,(H,24,25,28)/t13-/m0/s1. The van der Waals surface area contributed by atoms with Gasteiger partial charge in [-0.1, -0.05) is 6.07 Å². The van der Waals surface area contributed by atoms with Crippen LogP contribution in [-0.2, 0) is 5.60 Å². The van der Waals surface area contributed by atoms with Gasteiger partial charge >= 0.3 is 0 Å². The molecule has 0 saturated carbocycles. The highest BCUT2D eigenvalue weighted by Gasteiger charge is 2.23. The molecule has 0 aromatic carbocycles. The summed E-state index contributed by atoms with van der Waals surface area (Å²) in [6, 6.07) is 7.08. The Morgan fingerprint density at radius 3 is 2.97 bits per heavy atom. The fourth-order valence-electron chi connectivity index (χ4n) is 3.31. The van der Waals surface area contributed by atoms with E-state index in [1.54, 1.807) is 38.4 Å². The van der Waals surface area contributed by atoms with Crippen LogP contribution in [0.5, 0.6) is 5.88 Å². The average Bonchev–Trinajstić information content (AvgIpc) is 3.20. The van der Waals surface area contributed by atoms with Gasteiger partial charge in [0.25, 0.3) is 5.91 Å². The van der Waals surface area contributed by atoms with Crippen LogP contribution in [0.2, 0.25) is 0 Å². The van der Waals surface area contributed by atoms with Crippen molar-refractivity contribution in [3.05, 3.63) is 47.9 Å². The van der Waals surface area contributed by atoms with Crippen molar-refractivity contribution in [3.63, 3.8) is 0 Å². The number of nitrogens with one attached hydrogen (secondary N) is 1. The van der Waals surface area contributed by atoms with E-state index in [1.165, 1.54) is 6.20 Å². The zero-order chi connectivity index (χ0) is 21.3. The van der Waals surface area contributed by atoms with Gasteiger partial charge in [0.2, 0.25) is 5.88 Å². The molecule has 2 N–H and O–H groups in total. The predicted molar refractivity (Wildman–Crippen MR) is 110 cm³/mol. The van der Waals surface area contributed by atoms with Gasteiger partial charge in [0.05, 0.1) is 12.2 Å². The number of amides is 1. The van der Waals surface area contributed by atoms with E-state index in [0.717, 1.165) is 12.8 Å². The largest absolute Gasteiger partial charge is 0.477 e. The van der Waals surface area contributed by atoms with Crippen LogP contribution in [0.15, 0.2) is 36.8 Å². The number of rotatable bonds is 1. The summed E-state index contributed by atoms with van der Waals surface area (Å²) in [5.41, 5.74) is 0.243. The summed E-state index contributed by atoms with van der Waals surface area (Å²) in [7, 11) is 0. The number of anilines is 1. The first-order valence-corrected chi connectivity index (χ1v) is 9.87. The Balaban J connectivity index is 1.77. The summed E-state index contributed by atoms with van der Waals surface area (Å²) in [6.07, 6.45) is 4.80. The van der Waals surface area contributed by atoms with E-state index in [0.29, 0.717) is 29.5 Å². The first-order chi connectivity index (χ1) is 14.3. The van der Waals surface area contributed by atoms with E-state index in [-0.39, 0.29) is 17.5 Å². The first kappa shape index (κ1) is 20.0. The van der Waals surface area contributed by atoms with Gasteiger partial charge in [-0.2, -0.15) is 0 Å². The minimum Gasteiger partial charge on any atom is -0.477 e. The van der Waals surface area contributed by atoms with Crippen LogP contribution >= 0.6 is 0 Å². The maximum atomic E-state index is 13.0. The molecule has 0 fully saturated rings. The molecule has 0 radical (unpaired) electrons. The Morgan fingerprint density at radius 2 is 2.17 bits per heavy atom. The average molecular weight is 408 g/mol. The molecule has 4 heterocycles. The lowest BCUT2D eigenvalue weighted by Gasteiger charge is -2.20. The zero-order valence-electron chi connectivity index (χ0n) is 17.2. The Bertz CT molecular complexity index is 1070. The molecule has 0 unspecified atom stereocenters. The summed E-state index contributed by atoms with van der Waals surface area (Å²) in [5, 5.41) is 21.4. The van der Waals surface area contributed by atoms with Crippen molar-refractivity contribution in [2.75, 3.05) is 11.9 Å². The molecule has 0 aliphatic carbocycles. The Morgan fingerprint density at radius 1 is 1.33 bits per heavy atom. The summed E-state index contributed by atoms with van der Waals surface area (Å²) < 4.78 is 7.80. The maximum absolute atomic E-state index is 13.0. The van der Waals surface area contributed by atoms with Crippen LogP contribution < -0.4 is 10.1 Å². The van der Waals surface area contributed by atoms with Crippen LogP contribution in [0.25, 0.3) is 11.5 Å². The number of pyridine rings is 2. The molecule has 9 heteroatoms. The number of hydrogen-bond acceptors (Lipinski definition) is 7. The summed E-state index contributed by atoms with van der Waals surface area (Å²) >= 11 is 0. The monoisotopic (exact) mass is 408 g/mol. The summed E-state index contributed by atoms with van der Waals surface area (Å²) in [5.74, 6) is 0.825. The van der Waals surface area contributed by atoms with Crippen LogP contribution in [0.1, 0.15) is 55.6 Å². The maximum Gasteiger partial charge on any atom is 0.262 e. The van der Waals surface area contributed by atoms with Crippen molar-refractivity contribution < 1.29 is 14.6 Å². The van der Waals surface area contributed by atoms with Gasteiger partial charge < -0.3 is 19.7 Å². The Kier molecular flexibility index (Phi) is 5.21. The van der Waals surface area contributed by atoms with E-state index in [1.807, 2.05) is 10.6 Å². The zero-order valence-corrected chi connectivity index (χ0v) is 17.2. The third-order valence-electron chi connectivity index (χ3n) is 5.07. The van der Waals surface area contributed by atoms with Gasteiger partial charge in [-0.05, 0) is 51.8 Å². The minimum absolute atomic E-state index is 0.145. The van der Waals surface area contributed by atoms with Crippen LogP contribution in [0, 0.1) is 0 Å². The molecule has 1 aliphatic rings. The van der Waals surface area contributed by atoms with Crippen molar-refractivity contribution >= 4 is 11.7 Å². The van der Waals surface area contributed by atoms with Gasteiger partial charge in [-0.15, -0.1) is 10.2 Å². The number of fused-ring (bicyclic) bond motifs is 5. The van der Waals surface area contributed by atoms with Crippen molar-refractivity contribution in [1.29, 1.82) is 0 Å². The molecule has 3 aromatic rings.